The van der Waals surface area contributed by atoms with Crippen molar-refractivity contribution >= 4 is 29.7 Å². The molecule has 1 saturated heterocycles. The van der Waals surface area contributed by atoms with Crippen LogP contribution in [0.15, 0.2) is 48.5 Å². The summed E-state index contributed by atoms with van der Waals surface area (Å²) in [4.78, 5) is 15.1. The van der Waals surface area contributed by atoms with E-state index in [1.165, 1.54) is 31.4 Å². The van der Waals surface area contributed by atoms with Gasteiger partial charge in [-0.2, -0.15) is 5.10 Å². The summed E-state index contributed by atoms with van der Waals surface area (Å²) >= 11 is 11.3. The zero-order chi connectivity index (χ0) is 22.5. The van der Waals surface area contributed by atoms with Gasteiger partial charge < -0.3 is 5.32 Å². The second-order valence-electron chi connectivity index (χ2n) is 8.35. The quantitative estimate of drug-likeness (QED) is 0.480. The van der Waals surface area contributed by atoms with Crippen LogP contribution in [-0.4, -0.2) is 38.2 Å². The Morgan fingerprint density at radius 1 is 1.16 bits per heavy atom. The van der Waals surface area contributed by atoms with Crippen LogP contribution in [-0.2, 0) is 24.4 Å². The first-order chi connectivity index (χ1) is 15.5. The Bertz CT molecular complexity index is 1110. The van der Waals surface area contributed by atoms with Crippen LogP contribution in [0.3, 0.4) is 0 Å². The average molecular weight is 470 g/mol. The maximum absolute atomic E-state index is 12.6. The van der Waals surface area contributed by atoms with Crippen LogP contribution in [0.25, 0.3) is 11.4 Å². The molecule has 0 saturated carbocycles. The molecule has 1 fully saturated rings. The largest absolute Gasteiger partial charge is 0.350 e. The predicted molar refractivity (Wildman–Crippen MR) is 130 cm³/mol. The van der Waals surface area contributed by atoms with Crippen LogP contribution in [0.5, 0.6) is 0 Å². The molecule has 2 aromatic carbocycles. The van der Waals surface area contributed by atoms with Gasteiger partial charge in [-0.15, -0.1) is 0 Å². The van der Waals surface area contributed by atoms with E-state index < -0.39 is 0 Å². The van der Waals surface area contributed by atoms with Crippen molar-refractivity contribution in [2.45, 2.75) is 51.9 Å². The Morgan fingerprint density at radius 2 is 1.88 bits per heavy atom. The summed E-state index contributed by atoms with van der Waals surface area (Å²) < 4.78 is 2.10. The summed E-state index contributed by atoms with van der Waals surface area (Å²) in [6.45, 7) is 5.04. The van der Waals surface area contributed by atoms with Gasteiger partial charge in [-0.05, 0) is 73.9 Å². The number of amides is 1. The highest BCUT2D eigenvalue weighted by molar-refractivity contribution is 7.71. The highest BCUT2D eigenvalue weighted by atomic mass is 35.5. The molecule has 6 nitrogen and oxygen atoms in total. The van der Waals surface area contributed by atoms with E-state index >= 15 is 0 Å². The number of benzene rings is 2. The lowest BCUT2D eigenvalue weighted by atomic mass is 10.0. The van der Waals surface area contributed by atoms with Gasteiger partial charge in [0.15, 0.2) is 10.6 Å². The van der Waals surface area contributed by atoms with Crippen molar-refractivity contribution in [2.75, 3.05) is 6.54 Å². The number of aromatic nitrogens is 3. The minimum Gasteiger partial charge on any atom is -0.350 e. The molecule has 0 aliphatic carbocycles. The Balaban J connectivity index is 1.33. The molecule has 1 aliphatic heterocycles. The van der Waals surface area contributed by atoms with Crippen LogP contribution in [0.1, 0.15) is 37.3 Å². The molecule has 2 heterocycles. The van der Waals surface area contributed by atoms with Crippen molar-refractivity contribution < 1.29 is 4.79 Å². The van der Waals surface area contributed by atoms with Crippen LogP contribution >= 0.6 is 23.8 Å². The monoisotopic (exact) mass is 469 g/mol. The highest BCUT2D eigenvalue weighted by Gasteiger charge is 2.18. The van der Waals surface area contributed by atoms with E-state index in [0.29, 0.717) is 28.2 Å². The zero-order valence-corrected chi connectivity index (χ0v) is 19.8. The van der Waals surface area contributed by atoms with E-state index in [4.69, 9.17) is 23.8 Å². The normalized spacial score (nSPS) is 16.8. The van der Waals surface area contributed by atoms with E-state index in [2.05, 4.69) is 51.6 Å². The van der Waals surface area contributed by atoms with Crippen molar-refractivity contribution in [2.24, 2.45) is 0 Å². The van der Waals surface area contributed by atoms with Gasteiger partial charge >= 0.3 is 0 Å². The van der Waals surface area contributed by atoms with Gasteiger partial charge in [0.1, 0.15) is 6.54 Å². The number of carbonyl (C=O) groups excluding carboxylic acids is 1. The van der Waals surface area contributed by atoms with Crippen LogP contribution < -0.4 is 5.32 Å². The molecule has 8 heteroatoms. The van der Waals surface area contributed by atoms with Gasteiger partial charge in [0.2, 0.25) is 5.91 Å². The molecule has 32 heavy (non-hydrogen) atoms. The predicted octanol–water partition coefficient (Wildman–Crippen LogP) is 4.95. The lowest BCUT2D eigenvalue weighted by molar-refractivity contribution is -0.121. The van der Waals surface area contributed by atoms with Gasteiger partial charge in [-0.25, -0.2) is 0 Å². The number of aromatic amines is 1. The fraction of sp³-hybridized carbons (Fsp3) is 0.375. The third-order valence-corrected chi connectivity index (χ3v) is 6.56. The SMILES string of the molecule is CC1CCCCN1Cc1ccc(CNC(=O)Cn2c(-c3ccc(Cl)cc3)n[nH]c2=S)cc1. The molecule has 1 aromatic heterocycles. The van der Waals surface area contributed by atoms with Gasteiger partial charge in [-0.1, -0.05) is 42.3 Å². The maximum atomic E-state index is 12.6. The number of piperidine rings is 1. The molecular formula is C24H28ClN5OS. The first-order valence-corrected chi connectivity index (χ1v) is 11.8. The Hall–Kier alpha value is -2.48. The number of rotatable bonds is 7. The molecule has 168 valence electrons. The number of halogens is 1. The van der Waals surface area contributed by atoms with Gasteiger partial charge in [0, 0.05) is 29.7 Å². The van der Waals surface area contributed by atoms with Crippen molar-refractivity contribution in [3.05, 3.63) is 69.5 Å². The summed E-state index contributed by atoms with van der Waals surface area (Å²) in [5.74, 6) is 0.488. The number of likely N-dealkylation sites (tertiary alicyclic amines) is 1. The second-order valence-corrected chi connectivity index (χ2v) is 9.18. The fourth-order valence-corrected chi connectivity index (χ4v) is 4.40. The van der Waals surface area contributed by atoms with Gasteiger partial charge in [0.25, 0.3) is 0 Å². The lowest BCUT2D eigenvalue weighted by Gasteiger charge is -2.33. The maximum Gasteiger partial charge on any atom is 0.240 e. The first kappa shape index (κ1) is 22.7. The topological polar surface area (TPSA) is 66.0 Å². The van der Waals surface area contributed by atoms with Crippen LogP contribution in [0, 0.1) is 4.77 Å². The standard InChI is InChI=1S/C24H28ClN5OS/c1-17-4-2-3-13-29(17)15-19-7-5-18(6-8-19)14-26-22(31)16-30-23(27-28-24(30)32)20-9-11-21(25)12-10-20/h5-12,17H,2-4,13-16H2,1H3,(H,26,31)(H,28,32). The molecule has 0 bridgehead atoms. The zero-order valence-electron chi connectivity index (χ0n) is 18.2. The number of nitrogens with zero attached hydrogens (tertiary/aromatic N) is 3. The summed E-state index contributed by atoms with van der Waals surface area (Å²) in [7, 11) is 0. The van der Waals surface area contributed by atoms with Crippen LogP contribution in [0.2, 0.25) is 5.02 Å². The molecule has 0 radical (unpaired) electrons. The minimum absolute atomic E-state index is 0.0955. The molecule has 1 amide bonds. The Kier molecular flexibility index (Phi) is 7.40. The second kappa shape index (κ2) is 10.4. The molecule has 1 aliphatic rings. The molecule has 0 spiro atoms. The summed E-state index contributed by atoms with van der Waals surface area (Å²) in [6.07, 6.45) is 3.90. The van der Waals surface area contributed by atoms with E-state index in [1.54, 1.807) is 16.7 Å². The molecule has 3 aromatic rings. The number of carbonyl (C=O) groups is 1. The average Bonchev–Trinajstić information content (AvgIpc) is 3.15. The molecular weight excluding hydrogens is 442 g/mol. The molecule has 4 rings (SSSR count). The molecule has 1 atom stereocenters. The van der Waals surface area contributed by atoms with Crippen molar-refractivity contribution in [3.63, 3.8) is 0 Å². The third kappa shape index (κ3) is 5.65. The van der Waals surface area contributed by atoms with Crippen molar-refractivity contribution in [3.8, 4) is 11.4 Å². The number of hydrogen-bond acceptors (Lipinski definition) is 4. The number of hydrogen-bond donors (Lipinski definition) is 2. The summed E-state index contributed by atoms with van der Waals surface area (Å²) in [5.41, 5.74) is 3.22. The Morgan fingerprint density at radius 3 is 2.59 bits per heavy atom. The van der Waals surface area contributed by atoms with E-state index in [1.807, 2.05) is 12.1 Å². The van der Waals surface area contributed by atoms with Crippen molar-refractivity contribution in [1.29, 1.82) is 0 Å². The lowest BCUT2D eigenvalue weighted by Crippen LogP contribution is -2.36. The number of H-pyrrole nitrogens is 1. The summed E-state index contributed by atoms with van der Waals surface area (Å²) in [6, 6.07) is 16.4. The summed E-state index contributed by atoms with van der Waals surface area (Å²) in [5, 5.41) is 10.7. The molecule has 2 N–H and O–H groups in total. The van der Waals surface area contributed by atoms with Gasteiger partial charge in [0.05, 0.1) is 0 Å². The highest BCUT2D eigenvalue weighted by Crippen LogP contribution is 2.21. The Labute approximate surface area is 198 Å². The smallest absolute Gasteiger partial charge is 0.240 e. The van der Waals surface area contributed by atoms with E-state index in [-0.39, 0.29) is 12.5 Å². The van der Waals surface area contributed by atoms with E-state index in [0.717, 1.165) is 17.7 Å². The third-order valence-electron chi connectivity index (χ3n) is 6.00. The minimum atomic E-state index is -0.121. The van der Waals surface area contributed by atoms with E-state index in [9.17, 15) is 4.79 Å². The van der Waals surface area contributed by atoms with Crippen LogP contribution in [0.4, 0.5) is 0 Å². The number of nitrogens with one attached hydrogen (secondary N) is 2. The molecule has 1 unspecified atom stereocenters. The fourth-order valence-electron chi connectivity index (χ4n) is 4.07. The first-order valence-electron chi connectivity index (χ1n) is 11.0. The van der Waals surface area contributed by atoms with Gasteiger partial charge in [-0.3, -0.25) is 19.4 Å². The van der Waals surface area contributed by atoms with Crippen molar-refractivity contribution in [1.82, 2.24) is 25.0 Å².